The van der Waals surface area contributed by atoms with Crippen LogP contribution in [0.4, 0.5) is 11.8 Å². The van der Waals surface area contributed by atoms with Crippen molar-refractivity contribution >= 4 is 34.3 Å². The number of H-pyrrole nitrogens is 1. The van der Waals surface area contributed by atoms with E-state index < -0.39 is 0 Å². The van der Waals surface area contributed by atoms with Gasteiger partial charge in [0, 0.05) is 34.7 Å². The Bertz CT molecular complexity index is 1120. The standard InChI is InChI=1S/C23H27ClN6O/c1-23(2)10-17(4-6-20(23)31)29-21-15(11-25)13-28-22(30-21)26-8-7-14-12-27-19-5-3-16(24)9-18(14)19/h3,5,9,12-13,17,20,27,31H,4,6-8,10H2,1-2H3,(H2,26,28,29,30)/t17-,20+/m1/s1. The molecule has 4 N–H and O–H groups in total. The van der Waals surface area contributed by atoms with E-state index in [1.54, 1.807) is 6.20 Å². The Balaban J connectivity index is 1.42. The number of anilines is 2. The molecule has 31 heavy (non-hydrogen) atoms. The van der Waals surface area contributed by atoms with Gasteiger partial charge in [-0.05, 0) is 54.9 Å². The van der Waals surface area contributed by atoms with Gasteiger partial charge in [0.15, 0.2) is 0 Å². The first-order valence-electron chi connectivity index (χ1n) is 10.6. The molecule has 162 valence electrons. The maximum Gasteiger partial charge on any atom is 0.224 e. The minimum Gasteiger partial charge on any atom is -0.393 e. The van der Waals surface area contributed by atoms with Gasteiger partial charge >= 0.3 is 0 Å². The number of nitrogens with one attached hydrogen (secondary N) is 3. The summed E-state index contributed by atoms with van der Waals surface area (Å²) in [6.07, 6.45) is 6.40. The van der Waals surface area contributed by atoms with Crippen LogP contribution in [-0.4, -0.2) is 38.7 Å². The largest absolute Gasteiger partial charge is 0.393 e. The molecule has 2 aromatic heterocycles. The highest BCUT2D eigenvalue weighted by Gasteiger charge is 2.35. The van der Waals surface area contributed by atoms with Crippen molar-refractivity contribution in [3.63, 3.8) is 0 Å². The summed E-state index contributed by atoms with van der Waals surface area (Å²) in [6, 6.07) is 8.13. The average Bonchev–Trinajstić information content (AvgIpc) is 3.13. The van der Waals surface area contributed by atoms with E-state index in [9.17, 15) is 10.4 Å². The van der Waals surface area contributed by atoms with Crippen LogP contribution in [0.5, 0.6) is 0 Å². The molecule has 7 nitrogen and oxygen atoms in total. The van der Waals surface area contributed by atoms with Crippen molar-refractivity contribution < 1.29 is 5.11 Å². The van der Waals surface area contributed by atoms with E-state index in [4.69, 9.17) is 11.6 Å². The Hall–Kier alpha value is -2.82. The predicted octanol–water partition coefficient (Wildman–Crippen LogP) is 4.49. The van der Waals surface area contributed by atoms with E-state index in [0.29, 0.717) is 28.9 Å². The summed E-state index contributed by atoms with van der Waals surface area (Å²) in [4.78, 5) is 12.1. The molecule has 0 radical (unpaired) electrons. The SMILES string of the molecule is CC1(C)C[C@H](Nc2nc(NCCc3c[nH]c4ccc(Cl)cc34)ncc2C#N)CC[C@@H]1O. The van der Waals surface area contributed by atoms with Crippen LogP contribution in [0.3, 0.4) is 0 Å². The second kappa shape index (κ2) is 8.74. The van der Waals surface area contributed by atoms with Crippen LogP contribution in [0.1, 0.15) is 44.2 Å². The molecule has 2 atom stereocenters. The van der Waals surface area contributed by atoms with Gasteiger partial charge in [0.1, 0.15) is 17.5 Å². The van der Waals surface area contributed by atoms with Crippen LogP contribution in [0, 0.1) is 16.7 Å². The summed E-state index contributed by atoms with van der Waals surface area (Å²) >= 11 is 6.13. The number of aromatic nitrogens is 3. The Morgan fingerprint density at radius 2 is 2.19 bits per heavy atom. The first kappa shape index (κ1) is 21.4. The van der Waals surface area contributed by atoms with Crippen molar-refractivity contribution in [1.82, 2.24) is 15.0 Å². The molecule has 0 amide bonds. The molecule has 0 aliphatic heterocycles. The smallest absolute Gasteiger partial charge is 0.224 e. The zero-order valence-electron chi connectivity index (χ0n) is 17.7. The Kier molecular flexibility index (Phi) is 6.03. The van der Waals surface area contributed by atoms with Gasteiger partial charge in [-0.1, -0.05) is 25.4 Å². The van der Waals surface area contributed by atoms with E-state index in [-0.39, 0.29) is 17.6 Å². The second-order valence-corrected chi connectivity index (χ2v) is 9.31. The lowest BCUT2D eigenvalue weighted by Crippen LogP contribution is -2.41. The molecule has 0 bridgehead atoms. The Labute approximate surface area is 186 Å². The minimum atomic E-state index is -0.303. The number of fused-ring (bicyclic) bond motifs is 1. The number of aliphatic hydroxyl groups excluding tert-OH is 1. The van der Waals surface area contributed by atoms with E-state index in [2.05, 4.69) is 45.5 Å². The lowest BCUT2D eigenvalue weighted by Gasteiger charge is -2.40. The number of nitrogens with zero attached hydrogens (tertiary/aromatic N) is 3. The first-order chi connectivity index (χ1) is 14.9. The number of halogens is 1. The highest BCUT2D eigenvalue weighted by molar-refractivity contribution is 6.31. The minimum absolute atomic E-state index is 0.157. The van der Waals surface area contributed by atoms with Crippen LogP contribution in [0.15, 0.2) is 30.6 Å². The fourth-order valence-corrected chi connectivity index (χ4v) is 4.44. The molecule has 3 aromatic rings. The third-order valence-electron chi connectivity index (χ3n) is 6.12. The zero-order chi connectivity index (χ0) is 22.0. The van der Waals surface area contributed by atoms with Crippen LogP contribution in [0.2, 0.25) is 5.02 Å². The van der Waals surface area contributed by atoms with Gasteiger partial charge in [-0.25, -0.2) is 4.98 Å². The number of nitriles is 1. The predicted molar refractivity (Wildman–Crippen MR) is 123 cm³/mol. The van der Waals surface area contributed by atoms with Gasteiger partial charge in [-0.2, -0.15) is 10.2 Å². The molecule has 4 rings (SSSR count). The monoisotopic (exact) mass is 438 g/mol. The van der Waals surface area contributed by atoms with Gasteiger partial charge in [-0.3, -0.25) is 0 Å². The van der Waals surface area contributed by atoms with Gasteiger partial charge in [0.05, 0.1) is 12.3 Å². The van der Waals surface area contributed by atoms with Crippen molar-refractivity contribution in [2.75, 3.05) is 17.2 Å². The van der Waals surface area contributed by atoms with Gasteiger partial charge in [0.2, 0.25) is 5.95 Å². The highest BCUT2D eigenvalue weighted by Crippen LogP contribution is 2.37. The van der Waals surface area contributed by atoms with Crippen molar-refractivity contribution in [2.45, 2.75) is 51.7 Å². The topological polar surface area (TPSA) is 110 Å². The summed E-state index contributed by atoms with van der Waals surface area (Å²) in [5.74, 6) is 1.02. The molecule has 0 unspecified atom stereocenters. The maximum atomic E-state index is 10.2. The number of aliphatic hydroxyl groups is 1. The van der Waals surface area contributed by atoms with Crippen molar-refractivity contribution in [2.24, 2.45) is 5.41 Å². The van der Waals surface area contributed by atoms with E-state index in [1.807, 2.05) is 24.4 Å². The normalized spacial score (nSPS) is 20.4. The van der Waals surface area contributed by atoms with E-state index in [0.717, 1.165) is 36.6 Å². The number of hydrogen-bond acceptors (Lipinski definition) is 6. The lowest BCUT2D eigenvalue weighted by atomic mass is 9.73. The molecule has 8 heteroatoms. The first-order valence-corrected chi connectivity index (χ1v) is 10.9. The molecule has 1 saturated carbocycles. The molecular weight excluding hydrogens is 412 g/mol. The van der Waals surface area contributed by atoms with Gasteiger partial charge in [0.25, 0.3) is 0 Å². The summed E-state index contributed by atoms with van der Waals surface area (Å²) in [5.41, 5.74) is 2.47. The molecule has 1 aliphatic carbocycles. The average molecular weight is 439 g/mol. The Morgan fingerprint density at radius 1 is 1.35 bits per heavy atom. The molecular formula is C23H27ClN6O. The van der Waals surface area contributed by atoms with Crippen LogP contribution in [-0.2, 0) is 6.42 Å². The third kappa shape index (κ3) is 4.76. The maximum absolute atomic E-state index is 10.2. The lowest BCUT2D eigenvalue weighted by molar-refractivity contribution is 0.00926. The summed E-state index contributed by atoms with van der Waals surface area (Å²) in [6.45, 7) is 4.79. The van der Waals surface area contributed by atoms with Gasteiger partial charge < -0.3 is 20.7 Å². The highest BCUT2D eigenvalue weighted by atomic mass is 35.5. The number of rotatable bonds is 6. The second-order valence-electron chi connectivity index (χ2n) is 8.88. The molecule has 0 saturated heterocycles. The van der Waals surface area contributed by atoms with Crippen LogP contribution in [0.25, 0.3) is 10.9 Å². The van der Waals surface area contributed by atoms with Crippen LogP contribution < -0.4 is 10.6 Å². The fourth-order valence-electron chi connectivity index (χ4n) is 4.26. The fraction of sp³-hybridized carbons (Fsp3) is 0.435. The number of benzene rings is 1. The van der Waals surface area contributed by atoms with Gasteiger partial charge in [-0.15, -0.1) is 0 Å². The summed E-state index contributed by atoms with van der Waals surface area (Å²) in [5, 5.41) is 28.1. The molecule has 1 fully saturated rings. The third-order valence-corrected chi connectivity index (χ3v) is 6.36. The molecule has 1 aromatic carbocycles. The van der Waals surface area contributed by atoms with Crippen molar-refractivity contribution in [1.29, 1.82) is 5.26 Å². The van der Waals surface area contributed by atoms with E-state index in [1.165, 1.54) is 5.56 Å². The van der Waals surface area contributed by atoms with Crippen LogP contribution >= 0.6 is 11.6 Å². The molecule has 1 aliphatic rings. The Morgan fingerprint density at radius 3 is 2.97 bits per heavy atom. The number of aromatic amines is 1. The zero-order valence-corrected chi connectivity index (χ0v) is 18.5. The van der Waals surface area contributed by atoms with Crippen molar-refractivity contribution in [3.05, 3.63) is 46.7 Å². The molecule has 0 spiro atoms. The summed E-state index contributed by atoms with van der Waals surface area (Å²) < 4.78 is 0. The molecule has 2 heterocycles. The summed E-state index contributed by atoms with van der Waals surface area (Å²) in [7, 11) is 0. The number of hydrogen-bond donors (Lipinski definition) is 4. The van der Waals surface area contributed by atoms with Crippen molar-refractivity contribution in [3.8, 4) is 6.07 Å². The quantitative estimate of drug-likeness (QED) is 0.451. The van der Waals surface area contributed by atoms with E-state index >= 15 is 0 Å².